The van der Waals surface area contributed by atoms with E-state index in [-0.39, 0.29) is 34.1 Å². The Hall–Kier alpha value is -3.08. The first-order valence-electron chi connectivity index (χ1n) is 7.39. The quantitative estimate of drug-likeness (QED) is 0.475. The van der Waals surface area contributed by atoms with E-state index in [0.717, 1.165) is 17.8 Å². The first-order valence-corrected chi connectivity index (χ1v) is 8.83. The van der Waals surface area contributed by atoms with Crippen LogP contribution < -0.4 is 4.74 Å². The normalized spacial score (nSPS) is 11.6. The predicted octanol–water partition coefficient (Wildman–Crippen LogP) is 2.23. The number of nitro groups is 1. The van der Waals surface area contributed by atoms with Crippen LogP contribution in [0, 0.1) is 17.0 Å². The van der Waals surface area contributed by atoms with Gasteiger partial charge in [0.15, 0.2) is 5.65 Å². The van der Waals surface area contributed by atoms with E-state index in [1.165, 1.54) is 12.1 Å². The highest BCUT2D eigenvalue weighted by molar-refractivity contribution is 7.90. The molecule has 1 aromatic carbocycles. The number of fused-ring (bicyclic) bond motifs is 1. The molecule has 0 bridgehead atoms. The van der Waals surface area contributed by atoms with Crippen molar-refractivity contribution in [2.75, 3.05) is 13.3 Å². The van der Waals surface area contributed by atoms with E-state index in [9.17, 15) is 22.9 Å². The van der Waals surface area contributed by atoms with Crippen LogP contribution in [0.2, 0.25) is 0 Å². The number of hydrogen-bond acceptors (Lipinski definition) is 7. The number of benzene rings is 1. The van der Waals surface area contributed by atoms with E-state index in [1.54, 1.807) is 12.1 Å². The molecule has 0 aliphatic carbocycles. The molecule has 26 heavy (non-hydrogen) atoms. The predicted molar refractivity (Wildman–Crippen MR) is 89.4 cm³/mol. The summed E-state index contributed by atoms with van der Waals surface area (Å²) in [6, 6.07) is 7.15. The molecule has 0 amide bonds. The number of hydrogen-bond donors (Lipinski definition) is 0. The Morgan fingerprint density at radius 2 is 2.00 bits per heavy atom. The van der Waals surface area contributed by atoms with Crippen LogP contribution in [-0.2, 0) is 10.0 Å². The van der Waals surface area contributed by atoms with E-state index in [0.29, 0.717) is 4.09 Å². The SMILES string of the molecule is Cc1ccc(S(=O)(=O)n2nc(OCCF)c3cc([N+](=O)[O-])cnc32)cc1. The van der Waals surface area contributed by atoms with Crippen LogP contribution in [0.3, 0.4) is 0 Å². The molecule has 0 aliphatic rings. The van der Waals surface area contributed by atoms with Crippen molar-refractivity contribution in [2.24, 2.45) is 0 Å². The maximum Gasteiger partial charge on any atom is 0.288 e. The van der Waals surface area contributed by atoms with Gasteiger partial charge in [-0.3, -0.25) is 10.1 Å². The molecule has 3 rings (SSSR count). The van der Waals surface area contributed by atoms with Gasteiger partial charge in [-0.2, -0.15) is 8.42 Å². The van der Waals surface area contributed by atoms with Gasteiger partial charge in [0.2, 0.25) is 5.88 Å². The summed E-state index contributed by atoms with van der Waals surface area (Å²) in [5, 5.41) is 14.8. The molecule has 0 N–H and O–H groups in total. The minimum Gasteiger partial charge on any atom is -0.473 e. The van der Waals surface area contributed by atoms with Gasteiger partial charge in [0, 0.05) is 6.07 Å². The Labute approximate surface area is 147 Å². The highest BCUT2D eigenvalue weighted by Crippen LogP contribution is 2.29. The van der Waals surface area contributed by atoms with Gasteiger partial charge in [0.1, 0.15) is 19.5 Å². The standard InChI is InChI=1S/C15H13FN4O5S/c1-10-2-4-12(5-3-10)26(23,24)19-14-13(15(18-19)25-7-6-16)8-11(9-17-14)20(21)22/h2-5,8-9H,6-7H2,1H3. The van der Waals surface area contributed by atoms with Crippen molar-refractivity contribution in [3.63, 3.8) is 0 Å². The average Bonchev–Trinajstić information content (AvgIpc) is 2.99. The topological polar surface area (TPSA) is 117 Å². The molecule has 0 spiro atoms. The highest BCUT2D eigenvalue weighted by atomic mass is 32.2. The number of ether oxygens (including phenoxy) is 1. The Morgan fingerprint density at radius 3 is 2.62 bits per heavy atom. The number of aromatic nitrogens is 3. The first-order chi connectivity index (χ1) is 12.3. The Balaban J connectivity index is 2.22. The van der Waals surface area contributed by atoms with Crippen LogP contribution >= 0.6 is 0 Å². The van der Waals surface area contributed by atoms with Crippen LogP contribution in [-0.4, -0.2) is 40.8 Å². The molecule has 0 fully saturated rings. The molecule has 0 saturated heterocycles. The summed E-state index contributed by atoms with van der Waals surface area (Å²) in [6.45, 7) is 0.601. The van der Waals surface area contributed by atoms with Gasteiger partial charge in [-0.1, -0.05) is 17.7 Å². The van der Waals surface area contributed by atoms with Crippen molar-refractivity contribution >= 4 is 26.7 Å². The van der Waals surface area contributed by atoms with Gasteiger partial charge < -0.3 is 4.74 Å². The summed E-state index contributed by atoms with van der Waals surface area (Å²) in [4.78, 5) is 14.1. The number of aryl methyl sites for hydroxylation is 1. The van der Waals surface area contributed by atoms with Gasteiger partial charge in [-0.05, 0) is 19.1 Å². The van der Waals surface area contributed by atoms with E-state index < -0.39 is 21.6 Å². The monoisotopic (exact) mass is 380 g/mol. The van der Waals surface area contributed by atoms with Crippen molar-refractivity contribution in [3.8, 4) is 5.88 Å². The minimum atomic E-state index is -4.12. The second-order valence-corrected chi connectivity index (χ2v) is 7.09. The third kappa shape index (κ3) is 3.08. The fourth-order valence-corrected chi connectivity index (χ4v) is 3.49. The lowest BCUT2D eigenvalue weighted by Crippen LogP contribution is -2.15. The van der Waals surface area contributed by atoms with Crippen LogP contribution in [0.1, 0.15) is 5.56 Å². The molecular weight excluding hydrogens is 367 g/mol. The van der Waals surface area contributed by atoms with Crippen molar-refractivity contribution in [3.05, 3.63) is 52.2 Å². The molecule has 0 saturated carbocycles. The zero-order valence-corrected chi connectivity index (χ0v) is 14.3. The molecule has 9 nitrogen and oxygen atoms in total. The maximum absolute atomic E-state index is 12.9. The zero-order chi connectivity index (χ0) is 18.9. The van der Waals surface area contributed by atoms with Crippen LogP contribution in [0.25, 0.3) is 11.0 Å². The van der Waals surface area contributed by atoms with E-state index in [4.69, 9.17) is 4.74 Å². The minimum absolute atomic E-state index is 0.00309. The van der Waals surface area contributed by atoms with E-state index >= 15 is 0 Å². The summed E-state index contributed by atoms with van der Waals surface area (Å²) < 4.78 is 43.9. The summed E-state index contributed by atoms with van der Waals surface area (Å²) in [5.41, 5.74) is 0.356. The van der Waals surface area contributed by atoms with E-state index in [1.807, 2.05) is 6.92 Å². The Bertz CT molecular complexity index is 1080. The number of nitrogens with zero attached hydrogens (tertiary/aromatic N) is 4. The van der Waals surface area contributed by atoms with Gasteiger partial charge >= 0.3 is 0 Å². The molecule has 0 unspecified atom stereocenters. The van der Waals surface area contributed by atoms with Gasteiger partial charge in [0.25, 0.3) is 15.7 Å². The van der Waals surface area contributed by atoms with Gasteiger partial charge in [-0.15, -0.1) is 9.19 Å². The zero-order valence-electron chi connectivity index (χ0n) is 13.5. The van der Waals surface area contributed by atoms with Gasteiger partial charge in [0.05, 0.1) is 15.2 Å². The number of alkyl halides is 1. The van der Waals surface area contributed by atoms with Crippen molar-refractivity contribution in [1.29, 1.82) is 0 Å². The largest absolute Gasteiger partial charge is 0.473 e. The van der Waals surface area contributed by atoms with Crippen LogP contribution in [0.15, 0.2) is 41.4 Å². The van der Waals surface area contributed by atoms with E-state index in [2.05, 4.69) is 10.1 Å². The molecule has 0 atom stereocenters. The number of halogens is 1. The third-order valence-electron chi connectivity index (χ3n) is 3.52. The van der Waals surface area contributed by atoms with Crippen molar-refractivity contribution in [1.82, 2.24) is 14.2 Å². The lowest BCUT2D eigenvalue weighted by atomic mass is 10.2. The van der Waals surface area contributed by atoms with Crippen LogP contribution in [0.4, 0.5) is 10.1 Å². The molecule has 0 radical (unpaired) electrons. The molecule has 2 aromatic heterocycles. The fraction of sp³-hybridized carbons (Fsp3) is 0.200. The lowest BCUT2D eigenvalue weighted by Gasteiger charge is -2.05. The molecule has 2 heterocycles. The van der Waals surface area contributed by atoms with Crippen molar-refractivity contribution in [2.45, 2.75) is 11.8 Å². The first kappa shape index (κ1) is 17.7. The maximum atomic E-state index is 12.9. The van der Waals surface area contributed by atoms with Crippen LogP contribution in [0.5, 0.6) is 5.88 Å². The second-order valence-electron chi connectivity index (χ2n) is 5.33. The average molecular weight is 380 g/mol. The summed E-state index contributed by atoms with van der Waals surface area (Å²) >= 11 is 0. The lowest BCUT2D eigenvalue weighted by molar-refractivity contribution is -0.385. The summed E-state index contributed by atoms with van der Waals surface area (Å²) in [5.74, 6) is -0.246. The Morgan fingerprint density at radius 1 is 1.31 bits per heavy atom. The fourth-order valence-electron chi connectivity index (χ4n) is 2.26. The molecule has 0 aliphatic heterocycles. The Kier molecular flexibility index (Phi) is 4.55. The number of pyridine rings is 1. The molecule has 136 valence electrons. The summed E-state index contributed by atoms with van der Waals surface area (Å²) in [6.07, 6.45) is 0.921. The third-order valence-corrected chi connectivity index (χ3v) is 5.10. The number of rotatable bonds is 6. The van der Waals surface area contributed by atoms with Gasteiger partial charge in [-0.25, -0.2) is 9.37 Å². The molecule has 11 heteroatoms. The van der Waals surface area contributed by atoms with Crippen molar-refractivity contribution < 1.29 is 22.5 Å². The molecular formula is C15H13FN4O5S. The second kappa shape index (κ2) is 6.67. The molecule has 3 aromatic rings. The smallest absolute Gasteiger partial charge is 0.288 e. The summed E-state index contributed by atoms with van der Waals surface area (Å²) in [7, 11) is -4.12. The highest BCUT2D eigenvalue weighted by Gasteiger charge is 2.26.